The maximum Gasteiger partial charge on any atom is 0.256 e. The molecule has 2 heterocycles. The van der Waals surface area contributed by atoms with E-state index in [-0.39, 0.29) is 17.8 Å². The lowest BCUT2D eigenvalue weighted by molar-refractivity contribution is 0.0642. The van der Waals surface area contributed by atoms with Crippen molar-refractivity contribution in [1.29, 1.82) is 0 Å². The van der Waals surface area contributed by atoms with E-state index in [1.807, 2.05) is 19.0 Å². The zero-order chi connectivity index (χ0) is 16.4. The van der Waals surface area contributed by atoms with Crippen LogP contribution in [0.15, 0.2) is 22.7 Å². The van der Waals surface area contributed by atoms with Gasteiger partial charge in [-0.3, -0.25) is 0 Å². The topological polar surface area (TPSA) is 77.4 Å². The van der Waals surface area contributed by atoms with Crippen molar-refractivity contribution in [3.05, 3.63) is 35.5 Å². The van der Waals surface area contributed by atoms with Gasteiger partial charge in [0.2, 0.25) is 5.82 Å². The number of nitrogens with two attached hydrogens (primary N) is 1. The molecule has 23 heavy (non-hydrogen) atoms. The van der Waals surface area contributed by atoms with Gasteiger partial charge in [-0.05, 0) is 45.3 Å². The number of ether oxygens (including phenoxy) is 1. The predicted octanol–water partition coefficient (Wildman–Crippen LogP) is 1.97. The third-order valence-electron chi connectivity index (χ3n) is 3.99. The molecule has 0 unspecified atom stereocenters. The van der Waals surface area contributed by atoms with E-state index in [0.717, 1.165) is 12.0 Å². The number of hydrogen-bond acceptors (Lipinski definition) is 6. The van der Waals surface area contributed by atoms with Crippen LogP contribution in [0.5, 0.6) is 0 Å². The molecule has 0 aliphatic carbocycles. The molecule has 124 valence electrons. The highest BCUT2D eigenvalue weighted by Crippen LogP contribution is 2.33. The third-order valence-corrected chi connectivity index (χ3v) is 3.99. The second kappa shape index (κ2) is 6.74. The second-order valence-corrected chi connectivity index (χ2v) is 6.08. The summed E-state index contributed by atoms with van der Waals surface area (Å²) in [5.74, 6) is 0.826. The molecule has 0 spiro atoms. The third kappa shape index (κ3) is 3.41. The Kier molecular flexibility index (Phi) is 4.70. The van der Waals surface area contributed by atoms with Gasteiger partial charge in [-0.2, -0.15) is 4.98 Å². The largest absolute Gasteiger partial charge is 0.368 e. The van der Waals surface area contributed by atoms with E-state index in [9.17, 15) is 4.39 Å². The SMILES string of the molecule is CN(C)Cc1cc(-c2noc([C@H]3OCC[C@H]3CN)n2)ccc1F. The van der Waals surface area contributed by atoms with Gasteiger partial charge in [0.15, 0.2) is 0 Å². The maximum atomic E-state index is 13.9. The number of rotatable bonds is 5. The van der Waals surface area contributed by atoms with Gasteiger partial charge in [0, 0.05) is 30.2 Å². The zero-order valence-electron chi connectivity index (χ0n) is 13.3. The molecule has 1 aromatic carbocycles. The highest BCUT2D eigenvalue weighted by Gasteiger charge is 2.33. The first kappa shape index (κ1) is 16.0. The van der Waals surface area contributed by atoms with Crippen molar-refractivity contribution in [3.63, 3.8) is 0 Å². The molecule has 2 atom stereocenters. The van der Waals surface area contributed by atoms with E-state index in [2.05, 4.69) is 10.1 Å². The summed E-state index contributed by atoms with van der Waals surface area (Å²) in [6.07, 6.45) is 0.644. The van der Waals surface area contributed by atoms with Gasteiger partial charge in [-0.15, -0.1) is 0 Å². The van der Waals surface area contributed by atoms with Crippen LogP contribution in [0.2, 0.25) is 0 Å². The molecule has 0 amide bonds. The van der Waals surface area contributed by atoms with E-state index < -0.39 is 0 Å². The minimum Gasteiger partial charge on any atom is -0.368 e. The number of halogens is 1. The van der Waals surface area contributed by atoms with Crippen molar-refractivity contribution in [2.45, 2.75) is 19.1 Å². The zero-order valence-corrected chi connectivity index (χ0v) is 13.3. The lowest BCUT2D eigenvalue weighted by Gasteiger charge is -2.11. The number of nitrogens with zero attached hydrogens (tertiary/aromatic N) is 3. The summed E-state index contributed by atoms with van der Waals surface area (Å²) < 4.78 is 24.9. The van der Waals surface area contributed by atoms with Crippen LogP contribution in [0.4, 0.5) is 4.39 Å². The molecule has 6 nitrogen and oxygen atoms in total. The molecule has 1 aliphatic rings. The second-order valence-electron chi connectivity index (χ2n) is 6.08. The van der Waals surface area contributed by atoms with Gasteiger partial charge in [0.1, 0.15) is 11.9 Å². The molecular weight excluding hydrogens is 299 g/mol. The molecule has 2 aromatic rings. The van der Waals surface area contributed by atoms with Crippen molar-refractivity contribution in [2.75, 3.05) is 27.2 Å². The fourth-order valence-electron chi connectivity index (χ4n) is 2.79. The first-order valence-electron chi connectivity index (χ1n) is 7.67. The van der Waals surface area contributed by atoms with Gasteiger partial charge in [0.05, 0.1) is 0 Å². The average Bonchev–Trinajstić information content (AvgIpc) is 3.16. The standard InChI is InChI=1S/C16H21FN4O2/c1-21(2)9-12-7-10(3-4-13(12)17)15-19-16(23-20-15)14-11(8-18)5-6-22-14/h3-4,7,11,14H,5-6,8-9,18H2,1-2H3/t11-,14-/m0/s1. The molecule has 0 bridgehead atoms. The Labute approximate surface area is 134 Å². The molecule has 0 saturated carbocycles. The van der Waals surface area contributed by atoms with E-state index in [1.165, 1.54) is 6.07 Å². The first-order valence-corrected chi connectivity index (χ1v) is 7.67. The van der Waals surface area contributed by atoms with Crippen LogP contribution in [0.1, 0.15) is 24.0 Å². The quantitative estimate of drug-likeness (QED) is 0.907. The predicted molar refractivity (Wildman–Crippen MR) is 82.9 cm³/mol. The fraction of sp³-hybridized carbons (Fsp3) is 0.500. The summed E-state index contributed by atoms with van der Waals surface area (Å²) in [6, 6.07) is 4.83. The van der Waals surface area contributed by atoms with Crippen LogP contribution in [-0.4, -0.2) is 42.3 Å². The van der Waals surface area contributed by atoms with Crippen LogP contribution >= 0.6 is 0 Å². The molecule has 1 aliphatic heterocycles. The highest BCUT2D eigenvalue weighted by atomic mass is 19.1. The van der Waals surface area contributed by atoms with Crippen molar-refractivity contribution in [2.24, 2.45) is 11.7 Å². The fourth-order valence-corrected chi connectivity index (χ4v) is 2.79. The summed E-state index contributed by atoms with van der Waals surface area (Å²) in [5.41, 5.74) is 7.06. The summed E-state index contributed by atoms with van der Waals surface area (Å²) in [7, 11) is 3.78. The minimum absolute atomic E-state index is 0.195. The Morgan fingerprint density at radius 2 is 2.22 bits per heavy atom. The van der Waals surface area contributed by atoms with Gasteiger partial charge in [-0.1, -0.05) is 5.16 Å². The smallest absolute Gasteiger partial charge is 0.256 e. The van der Waals surface area contributed by atoms with Crippen LogP contribution in [0.25, 0.3) is 11.4 Å². The van der Waals surface area contributed by atoms with Crippen LogP contribution in [0.3, 0.4) is 0 Å². The Balaban J connectivity index is 1.85. The minimum atomic E-state index is -0.247. The molecule has 1 fully saturated rings. The molecule has 3 rings (SSSR count). The molecule has 1 saturated heterocycles. The Bertz CT molecular complexity index is 674. The van der Waals surface area contributed by atoms with E-state index in [0.29, 0.717) is 37.0 Å². The summed E-state index contributed by atoms with van der Waals surface area (Å²) in [6.45, 7) is 1.67. The van der Waals surface area contributed by atoms with E-state index in [4.69, 9.17) is 15.0 Å². The summed E-state index contributed by atoms with van der Waals surface area (Å²) in [4.78, 5) is 6.32. The van der Waals surface area contributed by atoms with Crippen LogP contribution in [-0.2, 0) is 11.3 Å². The van der Waals surface area contributed by atoms with Gasteiger partial charge < -0.3 is 19.9 Å². The van der Waals surface area contributed by atoms with Crippen LogP contribution < -0.4 is 5.73 Å². The lowest BCUT2D eigenvalue weighted by Crippen LogP contribution is -2.18. The monoisotopic (exact) mass is 320 g/mol. The van der Waals surface area contributed by atoms with E-state index in [1.54, 1.807) is 12.1 Å². The van der Waals surface area contributed by atoms with Gasteiger partial charge >= 0.3 is 0 Å². The molecular formula is C16H21FN4O2. The van der Waals surface area contributed by atoms with E-state index >= 15 is 0 Å². The molecule has 1 aromatic heterocycles. The number of hydrogen-bond donors (Lipinski definition) is 1. The first-order chi connectivity index (χ1) is 11.1. The van der Waals surface area contributed by atoms with Crippen LogP contribution in [0, 0.1) is 11.7 Å². The highest BCUT2D eigenvalue weighted by molar-refractivity contribution is 5.55. The van der Waals surface area contributed by atoms with Crippen molar-refractivity contribution in [3.8, 4) is 11.4 Å². The van der Waals surface area contributed by atoms with Gasteiger partial charge in [0.25, 0.3) is 5.89 Å². The summed E-state index contributed by atoms with van der Waals surface area (Å²) in [5, 5.41) is 4.01. The Morgan fingerprint density at radius 1 is 1.39 bits per heavy atom. The Morgan fingerprint density at radius 3 is 2.96 bits per heavy atom. The normalized spacial score (nSPS) is 21.3. The maximum absolute atomic E-state index is 13.9. The van der Waals surface area contributed by atoms with Crippen molar-refractivity contribution in [1.82, 2.24) is 15.0 Å². The van der Waals surface area contributed by atoms with Gasteiger partial charge in [-0.25, -0.2) is 4.39 Å². The molecule has 0 radical (unpaired) electrons. The molecule has 2 N–H and O–H groups in total. The average molecular weight is 320 g/mol. The molecule has 7 heteroatoms. The van der Waals surface area contributed by atoms with Crippen molar-refractivity contribution >= 4 is 0 Å². The lowest BCUT2D eigenvalue weighted by atomic mass is 10.0. The van der Waals surface area contributed by atoms with Crippen molar-refractivity contribution < 1.29 is 13.7 Å². The summed E-state index contributed by atoms with van der Waals surface area (Å²) >= 11 is 0. The number of benzene rings is 1. The number of aromatic nitrogens is 2. The Hall–Kier alpha value is -1.83.